The average Bonchev–Trinajstić information content (AvgIpc) is 3.37. The van der Waals surface area contributed by atoms with Crippen LogP contribution in [0.2, 0.25) is 0 Å². The van der Waals surface area contributed by atoms with Crippen LogP contribution < -0.4 is 11.3 Å². The van der Waals surface area contributed by atoms with Crippen molar-refractivity contribution in [2.24, 2.45) is 0 Å². The summed E-state index contributed by atoms with van der Waals surface area (Å²) in [4.78, 5) is 32.3. The summed E-state index contributed by atoms with van der Waals surface area (Å²) in [6.07, 6.45) is 1.96. The molecule has 0 amide bonds. The van der Waals surface area contributed by atoms with Crippen molar-refractivity contribution in [2.75, 3.05) is 0 Å². The zero-order valence-electron chi connectivity index (χ0n) is 22.5. The SMILES string of the molecule is CCCCc1nc(C)n(-c2ccccc2)c(=O)c1Cc1c(F)cc(-c2ccccc2-c2noc(=O)[nH]2)cc1F.[Na]. The summed E-state index contributed by atoms with van der Waals surface area (Å²) in [6, 6.07) is 18.3. The van der Waals surface area contributed by atoms with Gasteiger partial charge in [0.15, 0.2) is 5.82 Å². The quantitative estimate of drug-likeness (QED) is 0.261. The standard InChI is InChI=1S/C30H26F2N4O3.Na/c1-3-4-14-27-24(29(37)36(18(2)33-27)20-10-6-5-7-11-20)17-23-25(31)15-19(16-26(23)32)21-12-8-9-13-22(21)28-34-30(38)39-35-28;/h5-13,15-16H,3-4,14,17H2,1-2H3,(H,34,35,38);. The van der Waals surface area contributed by atoms with Crippen molar-refractivity contribution in [1.29, 1.82) is 0 Å². The molecule has 0 unspecified atom stereocenters. The number of hydrogen-bond acceptors (Lipinski definition) is 5. The van der Waals surface area contributed by atoms with Crippen LogP contribution in [0.25, 0.3) is 28.2 Å². The van der Waals surface area contributed by atoms with E-state index in [1.807, 2.05) is 25.1 Å². The summed E-state index contributed by atoms with van der Waals surface area (Å²) in [5.41, 5.74) is 2.05. The van der Waals surface area contributed by atoms with Crippen molar-refractivity contribution < 1.29 is 13.3 Å². The van der Waals surface area contributed by atoms with Gasteiger partial charge in [-0.3, -0.25) is 18.9 Å². The van der Waals surface area contributed by atoms with Crippen LogP contribution in [0.3, 0.4) is 0 Å². The van der Waals surface area contributed by atoms with E-state index in [1.54, 1.807) is 43.3 Å². The molecule has 7 nitrogen and oxygen atoms in total. The molecule has 2 aromatic heterocycles. The molecule has 0 aliphatic heterocycles. The van der Waals surface area contributed by atoms with E-state index in [9.17, 15) is 9.59 Å². The predicted octanol–water partition coefficient (Wildman–Crippen LogP) is 5.38. The largest absolute Gasteiger partial charge is 0.439 e. The number of halogens is 2. The van der Waals surface area contributed by atoms with Crippen molar-refractivity contribution in [3.63, 3.8) is 0 Å². The van der Waals surface area contributed by atoms with Crippen molar-refractivity contribution in [2.45, 2.75) is 39.5 Å². The van der Waals surface area contributed by atoms with E-state index >= 15 is 8.78 Å². The zero-order chi connectivity index (χ0) is 27.5. The Morgan fingerprint density at radius 2 is 1.57 bits per heavy atom. The van der Waals surface area contributed by atoms with Crippen molar-refractivity contribution in [3.05, 3.63) is 122 Å². The van der Waals surface area contributed by atoms with Gasteiger partial charge < -0.3 is 0 Å². The normalized spacial score (nSPS) is 10.9. The Bertz CT molecular complexity index is 1740. The Kier molecular flexibility index (Phi) is 9.29. The number of hydrogen-bond donors (Lipinski definition) is 1. The number of rotatable bonds is 8. The molecule has 40 heavy (non-hydrogen) atoms. The molecule has 199 valence electrons. The van der Waals surface area contributed by atoms with Crippen molar-refractivity contribution in [3.8, 4) is 28.2 Å². The minimum absolute atomic E-state index is 0. The molecule has 0 spiro atoms. The van der Waals surface area contributed by atoms with Crippen LogP contribution in [0.15, 0.2) is 80.8 Å². The second kappa shape index (κ2) is 12.7. The number of aromatic amines is 1. The third-order valence-electron chi connectivity index (χ3n) is 6.64. The van der Waals surface area contributed by atoms with Gasteiger partial charge in [0.1, 0.15) is 17.5 Å². The fraction of sp³-hybridized carbons (Fsp3) is 0.200. The Balaban J connectivity index is 0.00000370. The van der Waals surface area contributed by atoms with E-state index in [1.165, 1.54) is 16.7 Å². The fourth-order valence-corrected chi connectivity index (χ4v) is 4.72. The summed E-state index contributed by atoms with van der Waals surface area (Å²) < 4.78 is 37.2. The van der Waals surface area contributed by atoms with Gasteiger partial charge >= 0.3 is 5.76 Å². The zero-order valence-corrected chi connectivity index (χ0v) is 24.5. The van der Waals surface area contributed by atoms with Gasteiger partial charge in [0.05, 0.1) is 11.4 Å². The number of para-hydroxylation sites is 1. The first kappa shape index (κ1) is 29.3. The molecule has 3 aromatic carbocycles. The molecule has 5 aromatic rings. The minimum Gasteiger partial charge on any atom is -0.296 e. The van der Waals surface area contributed by atoms with E-state index in [2.05, 4.69) is 19.6 Å². The van der Waals surface area contributed by atoms with E-state index in [-0.39, 0.29) is 64.1 Å². The second-order valence-electron chi connectivity index (χ2n) is 9.25. The van der Waals surface area contributed by atoms with Crippen LogP contribution in [0.4, 0.5) is 8.78 Å². The minimum atomic E-state index is -0.791. The van der Waals surface area contributed by atoms with E-state index in [0.717, 1.165) is 12.8 Å². The molecule has 0 bridgehead atoms. The number of aromatic nitrogens is 4. The predicted molar refractivity (Wildman–Crippen MR) is 150 cm³/mol. The van der Waals surface area contributed by atoms with Gasteiger partial charge in [0.2, 0.25) is 0 Å². The first-order valence-corrected chi connectivity index (χ1v) is 12.7. The number of unbranched alkanes of at least 4 members (excludes halogenated alkanes) is 1. The number of nitrogens with one attached hydrogen (secondary N) is 1. The molecule has 0 aliphatic rings. The molecule has 0 fully saturated rings. The molecule has 0 saturated carbocycles. The maximum absolute atomic E-state index is 15.6. The van der Waals surface area contributed by atoms with Gasteiger partial charge in [-0.15, -0.1) is 0 Å². The molecular weight excluding hydrogens is 525 g/mol. The second-order valence-corrected chi connectivity index (χ2v) is 9.25. The van der Waals surface area contributed by atoms with Crippen LogP contribution in [-0.2, 0) is 12.8 Å². The first-order chi connectivity index (χ1) is 18.9. The summed E-state index contributed by atoms with van der Waals surface area (Å²) >= 11 is 0. The smallest absolute Gasteiger partial charge is 0.296 e. The molecule has 2 heterocycles. The van der Waals surface area contributed by atoms with Gasteiger partial charge in [0.25, 0.3) is 5.56 Å². The number of nitrogens with zero attached hydrogens (tertiary/aromatic N) is 3. The summed E-state index contributed by atoms with van der Waals surface area (Å²) in [5, 5.41) is 3.70. The number of aryl methyl sites for hydroxylation is 2. The van der Waals surface area contributed by atoms with E-state index < -0.39 is 17.4 Å². The summed E-state index contributed by atoms with van der Waals surface area (Å²) in [5.74, 6) is -1.66. The van der Waals surface area contributed by atoms with Crippen LogP contribution in [0, 0.1) is 18.6 Å². The van der Waals surface area contributed by atoms with Crippen molar-refractivity contribution in [1.82, 2.24) is 19.7 Å². The van der Waals surface area contributed by atoms with Crippen LogP contribution in [0.1, 0.15) is 42.4 Å². The van der Waals surface area contributed by atoms with Crippen LogP contribution in [0.5, 0.6) is 0 Å². The summed E-state index contributed by atoms with van der Waals surface area (Å²) in [6.45, 7) is 3.78. The molecule has 0 aliphatic carbocycles. The van der Waals surface area contributed by atoms with Gasteiger partial charge in [-0.1, -0.05) is 61.0 Å². The van der Waals surface area contributed by atoms with Gasteiger partial charge in [-0.05, 0) is 55.2 Å². The first-order valence-electron chi connectivity index (χ1n) is 12.7. The Hall–Kier alpha value is -3.66. The Morgan fingerprint density at radius 1 is 0.925 bits per heavy atom. The molecule has 10 heteroatoms. The van der Waals surface area contributed by atoms with E-state index in [0.29, 0.717) is 34.8 Å². The van der Waals surface area contributed by atoms with Crippen LogP contribution in [-0.4, -0.2) is 49.2 Å². The molecule has 0 saturated heterocycles. The van der Waals surface area contributed by atoms with Gasteiger partial charge in [-0.2, -0.15) is 0 Å². The molecule has 5 rings (SSSR count). The maximum atomic E-state index is 15.6. The molecule has 0 atom stereocenters. The summed E-state index contributed by atoms with van der Waals surface area (Å²) in [7, 11) is 0. The monoisotopic (exact) mass is 551 g/mol. The topological polar surface area (TPSA) is 93.8 Å². The number of benzene rings is 3. The molecule has 1 radical (unpaired) electrons. The maximum Gasteiger partial charge on any atom is 0.439 e. The van der Waals surface area contributed by atoms with Crippen molar-refractivity contribution >= 4 is 29.6 Å². The van der Waals surface area contributed by atoms with E-state index in [4.69, 9.17) is 0 Å². The Morgan fingerprint density at radius 3 is 2.20 bits per heavy atom. The third kappa shape index (κ3) is 5.91. The van der Waals surface area contributed by atoms with Crippen LogP contribution >= 0.6 is 0 Å². The number of H-pyrrole nitrogens is 1. The van der Waals surface area contributed by atoms with Gasteiger partial charge in [0, 0.05) is 52.7 Å². The third-order valence-corrected chi connectivity index (χ3v) is 6.64. The fourth-order valence-electron chi connectivity index (χ4n) is 4.72. The molecular formula is C30H26F2N4NaO3. The molecule has 1 N–H and O–H groups in total. The Labute approximate surface area is 251 Å². The van der Waals surface area contributed by atoms with Gasteiger partial charge in [-0.25, -0.2) is 18.6 Å². The average molecular weight is 552 g/mol.